The van der Waals surface area contributed by atoms with Crippen molar-refractivity contribution in [2.45, 2.75) is 25.1 Å². The van der Waals surface area contributed by atoms with Gasteiger partial charge in [0.05, 0.1) is 7.11 Å². The second kappa shape index (κ2) is 2.77. The standard InChI is InChI=1S/C7H12FNO2/c1-7(6(10)11-2)3-5(8)4-9-7/h5,9H,3-4H2,1-2H3. The summed E-state index contributed by atoms with van der Waals surface area (Å²) in [6.45, 7) is 1.89. The largest absolute Gasteiger partial charge is 0.468 e. The van der Waals surface area contributed by atoms with E-state index in [1.165, 1.54) is 7.11 Å². The summed E-state index contributed by atoms with van der Waals surface area (Å²) in [5.74, 6) is -0.391. The minimum atomic E-state index is -0.931. The summed E-state index contributed by atoms with van der Waals surface area (Å²) in [5, 5.41) is 2.78. The molecule has 1 aliphatic rings. The van der Waals surface area contributed by atoms with Gasteiger partial charge >= 0.3 is 5.97 Å². The van der Waals surface area contributed by atoms with Crippen LogP contribution >= 0.6 is 0 Å². The molecule has 0 saturated carbocycles. The molecule has 1 N–H and O–H groups in total. The van der Waals surface area contributed by atoms with Crippen LogP contribution in [0.4, 0.5) is 4.39 Å². The van der Waals surface area contributed by atoms with Crippen LogP contribution in [0, 0.1) is 0 Å². The maximum Gasteiger partial charge on any atom is 0.325 e. The molecule has 1 saturated heterocycles. The average molecular weight is 161 g/mol. The third-order valence-corrected chi connectivity index (χ3v) is 1.98. The number of rotatable bonds is 1. The van der Waals surface area contributed by atoms with E-state index in [1.54, 1.807) is 6.92 Å². The molecule has 0 amide bonds. The fourth-order valence-electron chi connectivity index (χ4n) is 1.30. The molecule has 0 aromatic rings. The predicted molar refractivity (Wildman–Crippen MR) is 37.9 cm³/mol. The first kappa shape index (κ1) is 8.46. The van der Waals surface area contributed by atoms with Gasteiger partial charge in [0.15, 0.2) is 0 Å². The third-order valence-electron chi connectivity index (χ3n) is 1.98. The molecular weight excluding hydrogens is 149 g/mol. The summed E-state index contributed by atoms with van der Waals surface area (Å²) >= 11 is 0. The minimum Gasteiger partial charge on any atom is -0.468 e. The molecule has 64 valence electrons. The normalized spacial score (nSPS) is 37.2. The molecule has 0 radical (unpaired) electrons. The van der Waals surface area contributed by atoms with Gasteiger partial charge in [-0.2, -0.15) is 0 Å². The number of ether oxygens (including phenoxy) is 1. The lowest BCUT2D eigenvalue weighted by molar-refractivity contribution is -0.147. The highest BCUT2D eigenvalue weighted by Crippen LogP contribution is 2.22. The fourth-order valence-corrected chi connectivity index (χ4v) is 1.30. The Balaban J connectivity index is 2.61. The van der Waals surface area contributed by atoms with Crippen LogP contribution in [0.5, 0.6) is 0 Å². The van der Waals surface area contributed by atoms with Gasteiger partial charge in [-0.25, -0.2) is 4.39 Å². The number of carbonyl (C=O) groups excluding carboxylic acids is 1. The maximum atomic E-state index is 12.6. The lowest BCUT2D eigenvalue weighted by Crippen LogP contribution is -2.45. The molecule has 2 atom stereocenters. The van der Waals surface area contributed by atoms with Crippen LogP contribution in [-0.4, -0.2) is 31.3 Å². The van der Waals surface area contributed by atoms with E-state index in [1.807, 2.05) is 0 Å². The summed E-state index contributed by atoms with van der Waals surface area (Å²) in [5.41, 5.74) is -0.811. The Hall–Kier alpha value is -0.640. The maximum absolute atomic E-state index is 12.6. The van der Waals surface area contributed by atoms with Gasteiger partial charge < -0.3 is 4.74 Å². The molecule has 0 aliphatic carbocycles. The Kier molecular flexibility index (Phi) is 2.13. The van der Waals surface area contributed by atoms with E-state index in [2.05, 4.69) is 10.1 Å². The zero-order valence-corrected chi connectivity index (χ0v) is 6.69. The molecule has 0 aromatic heterocycles. The van der Waals surface area contributed by atoms with Gasteiger partial charge in [0.1, 0.15) is 11.7 Å². The van der Waals surface area contributed by atoms with Gasteiger partial charge in [-0.05, 0) is 6.92 Å². The van der Waals surface area contributed by atoms with Crippen LogP contribution in [0.2, 0.25) is 0 Å². The van der Waals surface area contributed by atoms with E-state index in [9.17, 15) is 9.18 Å². The monoisotopic (exact) mass is 161 g/mol. The smallest absolute Gasteiger partial charge is 0.325 e. The van der Waals surface area contributed by atoms with Crippen LogP contribution in [0.25, 0.3) is 0 Å². The number of methoxy groups -OCH3 is 1. The first-order valence-electron chi connectivity index (χ1n) is 3.56. The molecule has 11 heavy (non-hydrogen) atoms. The van der Waals surface area contributed by atoms with E-state index in [4.69, 9.17) is 0 Å². The van der Waals surface area contributed by atoms with E-state index < -0.39 is 17.7 Å². The topological polar surface area (TPSA) is 38.3 Å². The first-order valence-corrected chi connectivity index (χ1v) is 3.56. The molecular formula is C7H12FNO2. The zero-order chi connectivity index (χ0) is 8.48. The number of halogens is 1. The Morgan fingerprint density at radius 1 is 1.82 bits per heavy atom. The van der Waals surface area contributed by atoms with Crippen LogP contribution in [0.1, 0.15) is 13.3 Å². The summed E-state index contributed by atoms with van der Waals surface area (Å²) in [4.78, 5) is 11.0. The van der Waals surface area contributed by atoms with Crippen LogP contribution in [0.15, 0.2) is 0 Å². The lowest BCUT2D eigenvalue weighted by atomic mass is 10.0. The first-order chi connectivity index (χ1) is 5.08. The third kappa shape index (κ3) is 1.50. The quantitative estimate of drug-likeness (QED) is 0.560. The zero-order valence-electron chi connectivity index (χ0n) is 6.69. The Morgan fingerprint density at radius 3 is 2.82 bits per heavy atom. The molecule has 0 aromatic carbocycles. The van der Waals surface area contributed by atoms with Crippen molar-refractivity contribution >= 4 is 5.97 Å². The SMILES string of the molecule is COC(=O)C1(C)CC(F)CN1. The second-order valence-electron chi connectivity index (χ2n) is 3.01. The lowest BCUT2D eigenvalue weighted by Gasteiger charge is -2.19. The molecule has 2 unspecified atom stereocenters. The number of nitrogens with one attached hydrogen (secondary N) is 1. The summed E-state index contributed by atoms with van der Waals surface area (Å²) < 4.78 is 17.2. The number of carbonyl (C=O) groups is 1. The van der Waals surface area contributed by atoms with Crippen molar-refractivity contribution in [2.24, 2.45) is 0 Å². The van der Waals surface area contributed by atoms with E-state index >= 15 is 0 Å². The van der Waals surface area contributed by atoms with Gasteiger partial charge in [-0.1, -0.05) is 0 Å². The van der Waals surface area contributed by atoms with Gasteiger partial charge in [-0.3, -0.25) is 10.1 Å². The van der Waals surface area contributed by atoms with Gasteiger partial charge in [0.2, 0.25) is 0 Å². The molecule has 1 heterocycles. The highest BCUT2D eigenvalue weighted by molar-refractivity contribution is 5.80. The molecule has 3 nitrogen and oxygen atoms in total. The van der Waals surface area contributed by atoms with Crippen molar-refractivity contribution in [2.75, 3.05) is 13.7 Å². The van der Waals surface area contributed by atoms with Gasteiger partial charge in [0, 0.05) is 13.0 Å². The van der Waals surface area contributed by atoms with E-state index in [0.717, 1.165) is 0 Å². The predicted octanol–water partition coefficient (Wildman–Crippen LogP) is 0.249. The van der Waals surface area contributed by atoms with Crippen molar-refractivity contribution in [3.8, 4) is 0 Å². The Morgan fingerprint density at radius 2 is 2.45 bits per heavy atom. The molecule has 0 bridgehead atoms. The number of alkyl halides is 1. The second-order valence-corrected chi connectivity index (χ2v) is 3.01. The average Bonchev–Trinajstić information content (AvgIpc) is 2.31. The van der Waals surface area contributed by atoms with Crippen molar-refractivity contribution in [1.82, 2.24) is 5.32 Å². The number of hydrogen-bond acceptors (Lipinski definition) is 3. The molecule has 4 heteroatoms. The Labute approximate surface area is 64.9 Å². The van der Waals surface area contributed by atoms with Crippen molar-refractivity contribution in [3.05, 3.63) is 0 Å². The van der Waals surface area contributed by atoms with Crippen molar-refractivity contribution in [3.63, 3.8) is 0 Å². The highest BCUT2D eigenvalue weighted by Gasteiger charge is 2.41. The van der Waals surface area contributed by atoms with Crippen LogP contribution < -0.4 is 5.32 Å². The molecule has 0 spiro atoms. The summed E-state index contributed by atoms with van der Waals surface area (Å²) in [7, 11) is 1.31. The summed E-state index contributed by atoms with van der Waals surface area (Å²) in [6.07, 6.45) is -0.723. The molecule has 1 fully saturated rings. The molecule has 1 rings (SSSR count). The number of hydrogen-bond donors (Lipinski definition) is 1. The van der Waals surface area contributed by atoms with Crippen molar-refractivity contribution < 1.29 is 13.9 Å². The summed E-state index contributed by atoms with van der Waals surface area (Å²) in [6, 6.07) is 0. The van der Waals surface area contributed by atoms with E-state index in [0.29, 0.717) is 0 Å². The Bertz CT molecular complexity index is 174. The van der Waals surface area contributed by atoms with Gasteiger partial charge in [0.25, 0.3) is 0 Å². The highest BCUT2D eigenvalue weighted by atomic mass is 19.1. The number of esters is 1. The molecule has 1 aliphatic heterocycles. The van der Waals surface area contributed by atoms with Crippen molar-refractivity contribution in [1.29, 1.82) is 0 Å². The van der Waals surface area contributed by atoms with Crippen LogP contribution in [-0.2, 0) is 9.53 Å². The fraction of sp³-hybridized carbons (Fsp3) is 0.857. The van der Waals surface area contributed by atoms with Gasteiger partial charge in [-0.15, -0.1) is 0 Å². The van der Waals surface area contributed by atoms with Crippen LogP contribution in [0.3, 0.4) is 0 Å². The van der Waals surface area contributed by atoms with E-state index in [-0.39, 0.29) is 13.0 Å². The minimum absolute atomic E-state index is 0.208.